The fraction of sp³-hybridized carbons (Fsp3) is 0.200. The molecule has 0 aliphatic carbocycles. The molecular weight excluding hydrogens is 258 g/mol. The summed E-state index contributed by atoms with van der Waals surface area (Å²) in [6.07, 6.45) is -0.785. The summed E-state index contributed by atoms with van der Waals surface area (Å²) in [5, 5.41) is 12.1. The van der Waals surface area contributed by atoms with Crippen molar-refractivity contribution in [2.24, 2.45) is 0 Å². The van der Waals surface area contributed by atoms with Crippen LogP contribution in [0.5, 0.6) is 0 Å². The van der Waals surface area contributed by atoms with Crippen LogP contribution in [0.4, 0.5) is 5.69 Å². The van der Waals surface area contributed by atoms with Crippen molar-refractivity contribution in [1.82, 2.24) is 0 Å². The molecule has 104 valence electrons. The van der Waals surface area contributed by atoms with Crippen LogP contribution in [0, 0.1) is 6.92 Å². The van der Waals surface area contributed by atoms with E-state index >= 15 is 0 Å². The van der Waals surface area contributed by atoms with Crippen molar-refractivity contribution in [1.29, 1.82) is 0 Å². The molecule has 2 rings (SSSR count). The number of rotatable bonds is 3. The van der Waals surface area contributed by atoms with Crippen LogP contribution in [0.2, 0.25) is 0 Å². The summed E-state index contributed by atoms with van der Waals surface area (Å²) in [6, 6.07) is 9.97. The number of aliphatic hydroxyl groups excluding tert-OH is 1. The van der Waals surface area contributed by atoms with E-state index in [0.717, 1.165) is 0 Å². The van der Waals surface area contributed by atoms with Gasteiger partial charge in [-0.05, 0) is 32.0 Å². The van der Waals surface area contributed by atoms with E-state index in [-0.39, 0.29) is 5.69 Å². The Balaban J connectivity index is 2.32. The second kappa shape index (κ2) is 5.71. The first-order valence-electron chi connectivity index (χ1n) is 6.18. The van der Waals surface area contributed by atoms with Crippen LogP contribution in [0.3, 0.4) is 0 Å². The highest BCUT2D eigenvalue weighted by atomic mass is 16.4. The largest absolute Gasteiger partial charge is 0.426 e. The van der Waals surface area contributed by atoms with Gasteiger partial charge >= 0.3 is 5.63 Å². The van der Waals surface area contributed by atoms with Gasteiger partial charge in [0.2, 0.25) is 0 Å². The van der Waals surface area contributed by atoms with Gasteiger partial charge in [-0.25, -0.2) is 4.79 Å². The number of nitrogens with one attached hydrogen (secondary N) is 1. The zero-order valence-corrected chi connectivity index (χ0v) is 11.2. The third kappa shape index (κ3) is 2.95. The Morgan fingerprint density at radius 2 is 1.95 bits per heavy atom. The van der Waals surface area contributed by atoms with E-state index in [1.54, 1.807) is 44.2 Å². The summed E-state index contributed by atoms with van der Waals surface area (Å²) in [5.41, 5.74) is 0.274. The number of aryl methyl sites for hydroxylation is 1. The molecule has 5 heteroatoms. The summed E-state index contributed by atoms with van der Waals surface area (Å²) in [4.78, 5) is 23.7. The quantitative estimate of drug-likeness (QED) is 0.899. The van der Waals surface area contributed by atoms with Crippen molar-refractivity contribution in [3.8, 4) is 0 Å². The van der Waals surface area contributed by atoms with Gasteiger partial charge in [0.1, 0.15) is 11.4 Å². The highest BCUT2D eigenvalue weighted by molar-refractivity contribution is 6.04. The Bertz CT molecular complexity index is 674. The number of hydrogen-bond acceptors (Lipinski definition) is 4. The van der Waals surface area contributed by atoms with E-state index in [2.05, 4.69) is 5.32 Å². The Morgan fingerprint density at radius 3 is 2.55 bits per heavy atom. The average Bonchev–Trinajstić information content (AvgIpc) is 2.42. The monoisotopic (exact) mass is 273 g/mol. The SMILES string of the molecule is Cc1oc(=O)c(NC(=O)c2ccccc2)cc1C(C)O. The number of aliphatic hydroxyl groups is 1. The molecule has 2 aromatic rings. The van der Waals surface area contributed by atoms with E-state index in [0.29, 0.717) is 16.9 Å². The molecule has 20 heavy (non-hydrogen) atoms. The van der Waals surface area contributed by atoms with E-state index in [4.69, 9.17) is 4.42 Å². The van der Waals surface area contributed by atoms with Crippen molar-refractivity contribution in [2.75, 3.05) is 5.32 Å². The van der Waals surface area contributed by atoms with Crippen molar-refractivity contribution < 1.29 is 14.3 Å². The van der Waals surface area contributed by atoms with E-state index in [1.807, 2.05) is 0 Å². The normalized spacial score (nSPS) is 11.9. The standard InChI is InChI=1S/C15H15NO4/c1-9(17)12-8-13(15(19)20-10(12)2)16-14(18)11-6-4-3-5-7-11/h3-9,17H,1-2H3,(H,16,18). The number of benzene rings is 1. The van der Waals surface area contributed by atoms with Gasteiger partial charge in [0, 0.05) is 11.1 Å². The van der Waals surface area contributed by atoms with Crippen LogP contribution in [0.15, 0.2) is 45.6 Å². The molecule has 0 bridgehead atoms. The first-order valence-corrected chi connectivity index (χ1v) is 6.18. The van der Waals surface area contributed by atoms with Crippen LogP contribution in [-0.2, 0) is 0 Å². The minimum atomic E-state index is -0.785. The van der Waals surface area contributed by atoms with E-state index in [9.17, 15) is 14.7 Å². The topological polar surface area (TPSA) is 79.5 Å². The van der Waals surface area contributed by atoms with Crippen LogP contribution >= 0.6 is 0 Å². The second-order valence-electron chi connectivity index (χ2n) is 4.46. The zero-order chi connectivity index (χ0) is 14.7. The number of carbonyl (C=O) groups excluding carboxylic acids is 1. The molecule has 0 aliphatic rings. The third-order valence-corrected chi connectivity index (χ3v) is 2.91. The molecule has 1 amide bonds. The van der Waals surface area contributed by atoms with Gasteiger partial charge in [0.05, 0.1) is 6.10 Å². The smallest absolute Gasteiger partial charge is 0.359 e. The molecule has 0 saturated carbocycles. The molecule has 2 N–H and O–H groups in total. The van der Waals surface area contributed by atoms with Crippen LogP contribution in [-0.4, -0.2) is 11.0 Å². The molecule has 5 nitrogen and oxygen atoms in total. The molecule has 1 heterocycles. The lowest BCUT2D eigenvalue weighted by molar-refractivity contribution is 0.102. The molecule has 0 radical (unpaired) electrons. The first kappa shape index (κ1) is 14.0. The maximum absolute atomic E-state index is 12.0. The van der Waals surface area contributed by atoms with Crippen molar-refractivity contribution in [3.05, 3.63) is 63.7 Å². The summed E-state index contributed by atoms with van der Waals surface area (Å²) in [6.45, 7) is 3.15. The Morgan fingerprint density at radius 1 is 1.30 bits per heavy atom. The van der Waals surface area contributed by atoms with Crippen molar-refractivity contribution in [3.63, 3.8) is 0 Å². The highest BCUT2D eigenvalue weighted by Gasteiger charge is 2.14. The molecule has 0 aliphatic heterocycles. The first-order chi connectivity index (χ1) is 9.49. The number of carbonyl (C=O) groups is 1. The van der Waals surface area contributed by atoms with Gasteiger partial charge in [-0.2, -0.15) is 0 Å². The second-order valence-corrected chi connectivity index (χ2v) is 4.46. The highest BCUT2D eigenvalue weighted by Crippen LogP contribution is 2.19. The number of hydrogen-bond donors (Lipinski definition) is 2. The predicted molar refractivity (Wildman–Crippen MR) is 74.7 cm³/mol. The molecular formula is C15H15NO4. The number of anilines is 1. The van der Waals surface area contributed by atoms with Gasteiger partial charge in [-0.3, -0.25) is 4.79 Å². The lowest BCUT2D eigenvalue weighted by atomic mass is 10.1. The minimum Gasteiger partial charge on any atom is -0.426 e. The molecule has 0 fully saturated rings. The fourth-order valence-corrected chi connectivity index (χ4v) is 1.85. The number of amides is 1. The van der Waals surface area contributed by atoms with Crippen LogP contribution in [0.1, 0.15) is 34.7 Å². The average molecular weight is 273 g/mol. The molecule has 1 aromatic carbocycles. The fourth-order valence-electron chi connectivity index (χ4n) is 1.85. The third-order valence-electron chi connectivity index (χ3n) is 2.91. The van der Waals surface area contributed by atoms with E-state index < -0.39 is 17.6 Å². The molecule has 0 saturated heterocycles. The zero-order valence-electron chi connectivity index (χ0n) is 11.2. The minimum absolute atomic E-state index is 0.0142. The van der Waals surface area contributed by atoms with E-state index in [1.165, 1.54) is 6.07 Å². The van der Waals surface area contributed by atoms with Gasteiger partial charge in [0.25, 0.3) is 5.91 Å². The Hall–Kier alpha value is -2.40. The predicted octanol–water partition coefficient (Wildman–Crippen LogP) is 2.25. The summed E-state index contributed by atoms with van der Waals surface area (Å²) < 4.78 is 5.01. The van der Waals surface area contributed by atoms with Crippen molar-refractivity contribution >= 4 is 11.6 Å². The summed E-state index contributed by atoms with van der Waals surface area (Å²) in [7, 11) is 0. The van der Waals surface area contributed by atoms with Crippen LogP contribution in [0.25, 0.3) is 0 Å². The van der Waals surface area contributed by atoms with Gasteiger partial charge in [-0.1, -0.05) is 18.2 Å². The maximum atomic E-state index is 12.0. The molecule has 0 spiro atoms. The van der Waals surface area contributed by atoms with Gasteiger partial charge in [0.15, 0.2) is 0 Å². The van der Waals surface area contributed by atoms with Crippen molar-refractivity contribution in [2.45, 2.75) is 20.0 Å². The lowest BCUT2D eigenvalue weighted by Gasteiger charge is -2.10. The molecule has 1 atom stereocenters. The summed E-state index contributed by atoms with van der Waals surface area (Å²) >= 11 is 0. The lowest BCUT2D eigenvalue weighted by Crippen LogP contribution is -2.19. The maximum Gasteiger partial charge on any atom is 0.359 e. The van der Waals surface area contributed by atoms with Gasteiger partial charge in [-0.15, -0.1) is 0 Å². The summed E-state index contributed by atoms with van der Waals surface area (Å²) in [5.74, 6) is -0.0685. The molecule has 1 aromatic heterocycles. The Kier molecular flexibility index (Phi) is 4.00. The van der Waals surface area contributed by atoms with Crippen LogP contribution < -0.4 is 10.9 Å². The molecule has 1 unspecified atom stereocenters. The Labute approximate surface area is 115 Å². The van der Waals surface area contributed by atoms with Gasteiger partial charge < -0.3 is 14.8 Å².